The van der Waals surface area contributed by atoms with Crippen molar-refractivity contribution in [2.75, 3.05) is 0 Å². The van der Waals surface area contributed by atoms with Crippen LogP contribution < -0.4 is 4.74 Å². The molecule has 1 aromatic carbocycles. The van der Waals surface area contributed by atoms with Crippen molar-refractivity contribution in [3.63, 3.8) is 0 Å². The molecule has 0 N–H and O–H groups in total. The van der Waals surface area contributed by atoms with E-state index in [0.29, 0.717) is 11.8 Å². The molecule has 16 heavy (non-hydrogen) atoms. The Morgan fingerprint density at radius 3 is 2.94 bits per heavy atom. The van der Waals surface area contributed by atoms with Crippen molar-refractivity contribution in [3.8, 4) is 11.8 Å². The van der Waals surface area contributed by atoms with E-state index in [0.717, 1.165) is 12.2 Å². The summed E-state index contributed by atoms with van der Waals surface area (Å²) < 4.78 is 20.4. The van der Waals surface area contributed by atoms with Gasteiger partial charge in [0.05, 0.1) is 6.20 Å². The fourth-order valence-electron chi connectivity index (χ4n) is 1.54. The Morgan fingerprint density at radius 2 is 2.25 bits per heavy atom. The maximum atomic E-state index is 13.0. The third-order valence-corrected chi connectivity index (χ3v) is 2.34. The second-order valence-electron chi connectivity index (χ2n) is 3.49. The molecule has 84 valence electrons. The molecule has 0 spiro atoms. The molecule has 1 heterocycles. The first-order valence-electron chi connectivity index (χ1n) is 5.16. The summed E-state index contributed by atoms with van der Waals surface area (Å²) in [6.45, 7) is 4.73. The van der Waals surface area contributed by atoms with Crippen molar-refractivity contribution in [2.45, 2.75) is 20.4 Å². The maximum absolute atomic E-state index is 13.0. The lowest BCUT2D eigenvalue weighted by molar-refractivity contribution is 0.410. The summed E-state index contributed by atoms with van der Waals surface area (Å²) in [7, 11) is 0. The summed E-state index contributed by atoms with van der Waals surface area (Å²) >= 11 is 0. The van der Waals surface area contributed by atoms with Gasteiger partial charge in [-0.3, -0.25) is 4.57 Å². The third kappa shape index (κ3) is 2.05. The van der Waals surface area contributed by atoms with Gasteiger partial charge in [-0.05, 0) is 26.0 Å². The minimum Gasteiger partial charge on any atom is -0.425 e. The molecule has 0 aliphatic heterocycles. The highest BCUT2D eigenvalue weighted by Gasteiger charge is 2.07. The molecular formula is C12H13FN2O. The SMILES string of the molecule is CCn1c(C)cnc1Oc1cccc(F)c1. The van der Waals surface area contributed by atoms with Crippen LogP contribution in [-0.4, -0.2) is 9.55 Å². The van der Waals surface area contributed by atoms with Crippen molar-refractivity contribution < 1.29 is 9.13 Å². The van der Waals surface area contributed by atoms with E-state index in [1.165, 1.54) is 12.1 Å². The molecule has 2 rings (SSSR count). The standard InChI is InChI=1S/C12H13FN2O/c1-3-15-9(2)8-14-12(15)16-11-6-4-5-10(13)7-11/h4-8H,3H2,1-2H3. The van der Waals surface area contributed by atoms with Crippen molar-refractivity contribution in [2.24, 2.45) is 0 Å². The van der Waals surface area contributed by atoms with E-state index in [9.17, 15) is 4.39 Å². The van der Waals surface area contributed by atoms with Gasteiger partial charge in [-0.2, -0.15) is 0 Å². The van der Waals surface area contributed by atoms with Crippen molar-refractivity contribution in [1.29, 1.82) is 0 Å². The quantitative estimate of drug-likeness (QED) is 0.794. The molecule has 0 atom stereocenters. The summed E-state index contributed by atoms with van der Waals surface area (Å²) in [6, 6.07) is 6.52. The lowest BCUT2D eigenvalue weighted by Gasteiger charge is -2.07. The van der Waals surface area contributed by atoms with E-state index >= 15 is 0 Å². The first kappa shape index (κ1) is 10.7. The Morgan fingerprint density at radius 1 is 1.44 bits per heavy atom. The van der Waals surface area contributed by atoms with Gasteiger partial charge >= 0.3 is 6.01 Å². The number of hydrogen-bond donors (Lipinski definition) is 0. The molecule has 0 radical (unpaired) electrons. The molecule has 0 saturated carbocycles. The normalized spacial score (nSPS) is 10.4. The van der Waals surface area contributed by atoms with E-state index in [2.05, 4.69) is 4.98 Å². The molecule has 0 saturated heterocycles. The first-order chi connectivity index (χ1) is 7.70. The minimum absolute atomic E-state index is 0.316. The lowest BCUT2D eigenvalue weighted by atomic mass is 10.3. The first-order valence-corrected chi connectivity index (χ1v) is 5.16. The molecule has 0 amide bonds. The van der Waals surface area contributed by atoms with Gasteiger partial charge in [0.2, 0.25) is 0 Å². The monoisotopic (exact) mass is 220 g/mol. The zero-order valence-electron chi connectivity index (χ0n) is 9.27. The molecule has 0 aliphatic rings. The van der Waals surface area contributed by atoms with Gasteiger partial charge in [-0.25, -0.2) is 9.37 Å². The second kappa shape index (κ2) is 4.35. The third-order valence-electron chi connectivity index (χ3n) is 2.34. The van der Waals surface area contributed by atoms with Crippen LogP contribution in [0.25, 0.3) is 0 Å². The summed E-state index contributed by atoms with van der Waals surface area (Å²) in [6.07, 6.45) is 1.73. The Kier molecular flexibility index (Phi) is 2.90. The lowest BCUT2D eigenvalue weighted by Crippen LogP contribution is -2.00. The Balaban J connectivity index is 2.27. The number of benzene rings is 1. The van der Waals surface area contributed by atoms with E-state index in [1.54, 1.807) is 18.3 Å². The van der Waals surface area contributed by atoms with Crippen LogP contribution in [0.4, 0.5) is 4.39 Å². The topological polar surface area (TPSA) is 27.1 Å². The molecule has 4 heteroatoms. The van der Waals surface area contributed by atoms with Crippen LogP contribution in [0.15, 0.2) is 30.5 Å². The van der Waals surface area contributed by atoms with Gasteiger partial charge < -0.3 is 4.74 Å². The Labute approximate surface area is 93.5 Å². The average molecular weight is 220 g/mol. The van der Waals surface area contributed by atoms with Gasteiger partial charge in [-0.15, -0.1) is 0 Å². The molecular weight excluding hydrogens is 207 g/mol. The van der Waals surface area contributed by atoms with E-state index in [1.807, 2.05) is 18.4 Å². The van der Waals surface area contributed by atoms with Crippen molar-refractivity contribution in [3.05, 3.63) is 42.0 Å². The van der Waals surface area contributed by atoms with E-state index in [-0.39, 0.29) is 5.82 Å². The largest absolute Gasteiger partial charge is 0.425 e. The summed E-state index contributed by atoms with van der Waals surface area (Å²) in [5.74, 6) is 0.143. The van der Waals surface area contributed by atoms with Crippen molar-refractivity contribution in [1.82, 2.24) is 9.55 Å². The number of aryl methyl sites for hydroxylation is 1. The van der Waals surface area contributed by atoms with Crippen LogP contribution in [0, 0.1) is 12.7 Å². The molecule has 0 fully saturated rings. The van der Waals surface area contributed by atoms with Gasteiger partial charge in [0.1, 0.15) is 11.6 Å². The molecule has 0 unspecified atom stereocenters. The second-order valence-corrected chi connectivity index (χ2v) is 3.49. The Hall–Kier alpha value is -1.84. The summed E-state index contributed by atoms with van der Waals surface area (Å²) in [5, 5.41) is 0. The fourth-order valence-corrected chi connectivity index (χ4v) is 1.54. The van der Waals surface area contributed by atoms with E-state index < -0.39 is 0 Å². The molecule has 2 aromatic rings. The fraction of sp³-hybridized carbons (Fsp3) is 0.250. The predicted octanol–water partition coefficient (Wildman–Crippen LogP) is 3.14. The zero-order chi connectivity index (χ0) is 11.5. The zero-order valence-corrected chi connectivity index (χ0v) is 9.27. The number of imidazole rings is 1. The highest BCUT2D eigenvalue weighted by Crippen LogP contribution is 2.21. The van der Waals surface area contributed by atoms with Gasteiger partial charge in [-0.1, -0.05) is 6.07 Å². The van der Waals surface area contributed by atoms with Crippen LogP contribution in [0.3, 0.4) is 0 Å². The molecule has 3 nitrogen and oxygen atoms in total. The van der Waals surface area contributed by atoms with Crippen LogP contribution in [-0.2, 0) is 6.54 Å². The predicted molar refractivity (Wildman–Crippen MR) is 59.1 cm³/mol. The van der Waals surface area contributed by atoms with Crippen LogP contribution in [0.2, 0.25) is 0 Å². The average Bonchev–Trinajstić information content (AvgIpc) is 2.59. The maximum Gasteiger partial charge on any atom is 0.302 e. The number of ether oxygens (including phenoxy) is 1. The highest BCUT2D eigenvalue weighted by atomic mass is 19.1. The van der Waals surface area contributed by atoms with Gasteiger partial charge in [0.15, 0.2) is 0 Å². The number of rotatable bonds is 3. The highest BCUT2D eigenvalue weighted by molar-refractivity contribution is 5.26. The van der Waals surface area contributed by atoms with Gasteiger partial charge in [0.25, 0.3) is 0 Å². The summed E-state index contributed by atoms with van der Waals surface area (Å²) in [5.41, 5.74) is 1.02. The molecule has 0 aliphatic carbocycles. The summed E-state index contributed by atoms with van der Waals surface area (Å²) in [4.78, 5) is 4.13. The van der Waals surface area contributed by atoms with Crippen LogP contribution >= 0.6 is 0 Å². The molecule has 1 aromatic heterocycles. The number of hydrogen-bond acceptors (Lipinski definition) is 2. The number of aromatic nitrogens is 2. The number of nitrogens with zero attached hydrogens (tertiary/aromatic N) is 2. The van der Waals surface area contributed by atoms with E-state index in [4.69, 9.17) is 4.74 Å². The van der Waals surface area contributed by atoms with Crippen molar-refractivity contribution >= 4 is 0 Å². The minimum atomic E-state index is -0.316. The van der Waals surface area contributed by atoms with Gasteiger partial charge in [0, 0.05) is 18.3 Å². The smallest absolute Gasteiger partial charge is 0.302 e. The van der Waals surface area contributed by atoms with Crippen LogP contribution in [0.5, 0.6) is 11.8 Å². The van der Waals surface area contributed by atoms with Crippen LogP contribution in [0.1, 0.15) is 12.6 Å². The molecule has 0 bridgehead atoms. The number of halogens is 1. The Bertz CT molecular complexity index is 494.